The quantitative estimate of drug-likeness (QED) is 0.200. The van der Waals surface area contributed by atoms with Gasteiger partial charge >= 0.3 is 11.9 Å². The number of aryl methyl sites for hydroxylation is 1. The van der Waals surface area contributed by atoms with E-state index in [0.717, 1.165) is 38.5 Å². The van der Waals surface area contributed by atoms with E-state index in [1.807, 2.05) is 75.4 Å². The van der Waals surface area contributed by atoms with Gasteiger partial charge in [0, 0.05) is 33.4 Å². The molecule has 0 bridgehead atoms. The number of rotatable bonds is 6. The number of hydrogen-bond acceptors (Lipinski definition) is 5. The first-order valence-corrected chi connectivity index (χ1v) is 11.7. The Morgan fingerprint density at radius 2 is 1.80 bits per heavy atom. The van der Waals surface area contributed by atoms with Crippen molar-refractivity contribution in [2.24, 2.45) is 5.16 Å². The maximum atomic E-state index is 12.5. The topological polar surface area (TPSA) is 69.9 Å². The van der Waals surface area contributed by atoms with Crippen LogP contribution in [-0.4, -0.2) is 28.8 Å². The van der Waals surface area contributed by atoms with E-state index in [1.165, 1.54) is 0 Å². The van der Waals surface area contributed by atoms with Crippen molar-refractivity contribution < 1.29 is 19.2 Å². The Morgan fingerprint density at radius 1 is 1.06 bits per heavy atom. The van der Waals surface area contributed by atoms with Crippen molar-refractivity contribution in [1.82, 2.24) is 4.57 Å². The third-order valence-electron chi connectivity index (χ3n) is 6.27. The van der Waals surface area contributed by atoms with Crippen molar-refractivity contribution >= 4 is 45.5 Å². The summed E-state index contributed by atoms with van der Waals surface area (Å²) in [5, 5.41) is 6.16. The third kappa shape index (κ3) is 4.23. The van der Waals surface area contributed by atoms with Crippen LogP contribution in [-0.2, 0) is 19.2 Å². The molecule has 0 radical (unpaired) electrons. The normalized spacial score (nSPS) is 15.5. The number of hydrogen-bond donors (Lipinski definition) is 0. The number of carbonyl (C=O) groups excluding carboxylic acids is 2. The SMILES string of the molecule is CCOC(=O)CC(C)n1c2ccccc2c2cc(/C=C3\C(=O)ON=C3c3ccc(C)cc3)ccc21. The Morgan fingerprint density at radius 3 is 2.57 bits per heavy atom. The fourth-order valence-corrected chi connectivity index (χ4v) is 4.63. The van der Waals surface area contributed by atoms with E-state index in [0.29, 0.717) is 17.9 Å². The van der Waals surface area contributed by atoms with Crippen LogP contribution in [0.4, 0.5) is 0 Å². The molecular weight excluding hydrogens is 440 g/mol. The molecule has 0 saturated carbocycles. The lowest BCUT2D eigenvalue weighted by Gasteiger charge is -2.16. The molecule has 1 atom stereocenters. The van der Waals surface area contributed by atoms with Gasteiger partial charge in [-0.2, -0.15) is 0 Å². The van der Waals surface area contributed by atoms with Gasteiger partial charge in [0.05, 0.1) is 18.6 Å². The van der Waals surface area contributed by atoms with Gasteiger partial charge in [0.1, 0.15) is 5.71 Å². The number of fused-ring (bicyclic) bond motifs is 3. The van der Waals surface area contributed by atoms with Crippen molar-refractivity contribution in [3.63, 3.8) is 0 Å². The van der Waals surface area contributed by atoms with Gasteiger partial charge < -0.3 is 14.1 Å². The number of ether oxygens (including phenoxy) is 1. The van der Waals surface area contributed by atoms with E-state index in [2.05, 4.69) is 27.9 Å². The van der Waals surface area contributed by atoms with E-state index in [-0.39, 0.29) is 18.4 Å². The van der Waals surface area contributed by atoms with Crippen LogP contribution in [0.1, 0.15) is 43.0 Å². The maximum absolute atomic E-state index is 12.5. The van der Waals surface area contributed by atoms with Gasteiger partial charge in [0.2, 0.25) is 0 Å². The van der Waals surface area contributed by atoms with Crippen LogP contribution in [0.15, 0.2) is 77.5 Å². The molecular formula is C29H26N2O4. The molecule has 6 heteroatoms. The molecule has 0 amide bonds. The Labute approximate surface area is 203 Å². The Bertz CT molecular complexity index is 1510. The summed E-state index contributed by atoms with van der Waals surface area (Å²) >= 11 is 0. The molecule has 1 unspecified atom stereocenters. The lowest BCUT2D eigenvalue weighted by Crippen LogP contribution is -2.13. The van der Waals surface area contributed by atoms with Crippen LogP contribution in [0.2, 0.25) is 0 Å². The van der Waals surface area contributed by atoms with Crippen LogP contribution in [0.3, 0.4) is 0 Å². The molecule has 35 heavy (non-hydrogen) atoms. The van der Waals surface area contributed by atoms with Crippen LogP contribution >= 0.6 is 0 Å². The molecule has 0 N–H and O–H groups in total. The molecule has 0 spiro atoms. The molecule has 1 aliphatic rings. The summed E-state index contributed by atoms with van der Waals surface area (Å²) in [5.74, 6) is -0.680. The molecule has 1 aromatic heterocycles. The van der Waals surface area contributed by atoms with Gasteiger partial charge in [-0.25, -0.2) is 4.79 Å². The highest BCUT2D eigenvalue weighted by Gasteiger charge is 2.27. The van der Waals surface area contributed by atoms with E-state index in [9.17, 15) is 9.59 Å². The van der Waals surface area contributed by atoms with Crippen molar-refractivity contribution in [2.75, 3.05) is 6.61 Å². The summed E-state index contributed by atoms with van der Waals surface area (Å²) in [6.07, 6.45) is 2.11. The zero-order valence-corrected chi connectivity index (χ0v) is 19.9. The van der Waals surface area contributed by atoms with E-state index >= 15 is 0 Å². The summed E-state index contributed by atoms with van der Waals surface area (Å²) in [4.78, 5) is 29.7. The van der Waals surface area contributed by atoms with Crippen molar-refractivity contribution in [1.29, 1.82) is 0 Å². The third-order valence-corrected chi connectivity index (χ3v) is 6.27. The minimum Gasteiger partial charge on any atom is -0.466 e. The molecule has 0 aliphatic carbocycles. The van der Waals surface area contributed by atoms with Gasteiger partial charge in [-0.1, -0.05) is 59.3 Å². The molecule has 6 nitrogen and oxygen atoms in total. The molecule has 2 heterocycles. The summed E-state index contributed by atoms with van der Waals surface area (Å²) in [6.45, 7) is 6.22. The first-order chi connectivity index (χ1) is 17.0. The molecule has 4 aromatic rings. The summed E-state index contributed by atoms with van der Waals surface area (Å²) < 4.78 is 7.36. The van der Waals surface area contributed by atoms with Crippen molar-refractivity contribution in [3.05, 3.63) is 89.0 Å². The van der Waals surface area contributed by atoms with E-state index in [4.69, 9.17) is 9.57 Å². The molecule has 1 aliphatic heterocycles. The van der Waals surface area contributed by atoms with Crippen LogP contribution in [0.5, 0.6) is 0 Å². The number of carbonyl (C=O) groups is 2. The van der Waals surface area contributed by atoms with Gasteiger partial charge in [-0.05, 0) is 50.6 Å². The Kier molecular flexibility index (Phi) is 5.95. The zero-order chi connectivity index (χ0) is 24.5. The second-order valence-corrected chi connectivity index (χ2v) is 8.76. The molecule has 176 valence electrons. The highest BCUT2D eigenvalue weighted by atomic mass is 16.7. The number of nitrogens with zero attached hydrogens (tertiary/aromatic N) is 2. The van der Waals surface area contributed by atoms with E-state index in [1.54, 1.807) is 0 Å². The second-order valence-electron chi connectivity index (χ2n) is 8.76. The van der Waals surface area contributed by atoms with Gasteiger partial charge in [-0.15, -0.1) is 0 Å². The van der Waals surface area contributed by atoms with E-state index < -0.39 is 5.97 Å². The largest absolute Gasteiger partial charge is 0.466 e. The van der Waals surface area contributed by atoms with Crippen molar-refractivity contribution in [3.8, 4) is 0 Å². The molecule has 3 aromatic carbocycles. The number of benzene rings is 3. The van der Waals surface area contributed by atoms with Crippen LogP contribution in [0, 0.1) is 6.92 Å². The summed E-state index contributed by atoms with van der Waals surface area (Å²) in [7, 11) is 0. The highest BCUT2D eigenvalue weighted by Crippen LogP contribution is 2.34. The highest BCUT2D eigenvalue weighted by molar-refractivity contribution is 6.31. The van der Waals surface area contributed by atoms with Gasteiger partial charge in [-0.3, -0.25) is 4.79 Å². The lowest BCUT2D eigenvalue weighted by atomic mass is 9.99. The Balaban J connectivity index is 1.58. The fraction of sp³-hybridized carbons (Fsp3) is 0.207. The van der Waals surface area contributed by atoms with Gasteiger partial charge in [0.15, 0.2) is 0 Å². The first-order valence-electron chi connectivity index (χ1n) is 11.7. The Hall–Kier alpha value is -4.19. The minimum atomic E-state index is -0.467. The summed E-state index contributed by atoms with van der Waals surface area (Å²) in [6, 6.07) is 22.0. The van der Waals surface area contributed by atoms with Crippen LogP contribution in [0.25, 0.3) is 27.9 Å². The first kappa shape index (κ1) is 22.6. The monoisotopic (exact) mass is 466 g/mol. The fourth-order valence-electron chi connectivity index (χ4n) is 4.63. The second kappa shape index (κ2) is 9.22. The lowest BCUT2D eigenvalue weighted by molar-refractivity contribution is -0.143. The van der Waals surface area contributed by atoms with Gasteiger partial charge in [0.25, 0.3) is 0 Å². The average Bonchev–Trinajstić information content (AvgIpc) is 3.37. The number of para-hydroxylation sites is 1. The zero-order valence-electron chi connectivity index (χ0n) is 19.9. The average molecular weight is 467 g/mol. The summed E-state index contributed by atoms with van der Waals surface area (Å²) in [5.41, 5.74) is 5.85. The number of aromatic nitrogens is 1. The minimum absolute atomic E-state index is 0.0780. The smallest absolute Gasteiger partial charge is 0.368 e. The van der Waals surface area contributed by atoms with Crippen LogP contribution < -0.4 is 0 Å². The van der Waals surface area contributed by atoms with Crippen molar-refractivity contribution in [2.45, 2.75) is 33.2 Å². The maximum Gasteiger partial charge on any atom is 0.368 e. The predicted molar refractivity (Wildman–Crippen MR) is 137 cm³/mol. The molecule has 0 fully saturated rings. The standard InChI is InChI=1S/C29H26N2O4/c1-4-34-27(32)15-19(3)31-25-8-6-5-7-22(25)23-16-20(11-14-26(23)31)17-24-28(30-35-29(24)33)21-12-9-18(2)10-13-21/h5-14,16-17,19H,4,15H2,1-3H3/b24-17-. The number of esters is 1. The number of oxime groups is 1. The molecule has 5 rings (SSSR count). The molecule has 0 saturated heterocycles. The predicted octanol–water partition coefficient (Wildman–Crippen LogP) is 5.96.